The lowest BCUT2D eigenvalue weighted by Gasteiger charge is -2.42. The summed E-state index contributed by atoms with van der Waals surface area (Å²) < 4.78 is 0. The normalized spacial score (nSPS) is 25.7. The highest BCUT2D eigenvalue weighted by Crippen LogP contribution is 2.32. The number of amides is 3. The van der Waals surface area contributed by atoms with E-state index in [0.717, 1.165) is 57.2 Å². The van der Waals surface area contributed by atoms with Gasteiger partial charge >= 0.3 is 0 Å². The second-order valence-electron chi connectivity index (χ2n) is 8.61. The van der Waals surface area contributed by atoms with E-state index < -0.39 is 5.91 Å². The summed E-state index contributed by atoms with van der Waals surface area (Å²) in [6.07, 6.45) is 6.23. The van der Waals surface area contributed by atoms with Crippen LogP contribution in [0.15, 0.2) is 18.2 Å². The smallest absolute Gasteiger partial charge is 0.255 e. The molecule has 0 aromatic heterocycles. The van der Waals surface area contributed by atoms with E-state index in [1.54, 1.807) is 19.1 Å². The number of nitrogens with zero attached hydrogens (tertiary/aromatic N) is 2. The lowest BCUT2D eigenvalue weighted by atomic mass is 9.88. The van der Waals surface area contributed by atoms with Gasteiger partial charge in [-0.2, -0.15) is 0 Å². The minimum atomic E-state index is -0.540. The first-order chi connectivity index (χ1) is 13.9. The molecule has 1 aliphatic carbocycles. The van der Waals surface area contributed by atoms with Crippen molar-refractivity contribution in [3.05, 3.63) is 34.9 Å². The van der Waals surface area contributed by atoms with E-state index in [4.69, 9.17) is 5.73 Å². The highest BCUT2D eigenvalue weighted by atomic mass is 16.2. The predicted octanol–water partition coefficient (Wildman–Crippen LogP) is 1.65. The summed E-state index contributed by atoms with van der Waals surface area (Å²) in [4.78, 5) is 40.4. The monoisotopic (exact) mass is 398 g/mol. The number of piperidine rings is 1. The van der Waals surface area contributed by atoms with Gasteiger partial charge in [-0.15, -0.1) is 0 Å². The highest BCUT2D eigenvalue weighted by molar-refractivity contribution is 6.09. The standard InChI is InChI=1S/C22H30N4O3/c1-14(27)24-16-5-7-17(8-6-16)25-11-9-18(10-12-25)26-13-15-3-2-4-19(21(23)28)20(15)22(26)29/h2-4,16-18H,5-13H2,1H3,(H2,23,28)(H,24,27)/t16-,17-. The average Bonchev–Trinajstić information content (AvgIpc) is 3.05. The van der Waals surface area contributed by atoms with Crippen LogP contribution in [0.3, 0.4) is 0 Å². The van der Waals surface area contributed by atoms with Gasteiger partial charge in [0.25, 0.3) is 5.91 Å². The fraction of sp³-hybridized carbons (Fsp3) is 0.591. The topological polar surface area (TPSA) is 95.7 Å². The van der Waals surface area contributed by atoms with Crippen molar-refractivity contribution in [3.63, 3.8) is 0 Å². The molecule has 7 heteroatoms. The minimum absolute atomic E-state index is 0.0522. The largest absolute Gasteiger partial charge is 0.366 e. The molecule has 0 radical (unpaired) electrons. The molecule has 29 heavy (non-hydrogen) atoms. The Morgan fingerprint density at radius 2 is 1.72 bits per heavy atom. The lowest BCUT2D eigenvalue weighted by Crippen LogP contribution is -2.50. The summed E-state index contributed by atoms with van der Waals surface area (Å²) in [5.41, 5.74) is 7.21. The van der Waals surface area contributed by atoms with Gasteiger partial charge in [-0.3, -0.25) is 14.4 Å². The molecule has 2 heterocycles. The molecule has 156 valence electrons. The maximum Gasteiger partial charge on any atom is 0.255 e. The zero-order chi connectivity index (χ0) is 20.5. The van der Waals surface area contributed by atoms with Crippen LogP contribution in [0.25, 0.3) is 0 Å². The van der Waals surface area contributed by atoms with E-state index in [1.165, 1.54) is 0 Å². The van der Waals surface area contributed by atoms with Crippen LogP contribution in [-0.2, 0) is 11.3 Å². The van der Waals surface area contributed by atoms with E-state index in [0.29, 0.717) is 29.8 Å². The second-order valence-corrected chi connectivity index (χ2v) is 8.61. The Labute approximate surface area is 171 Å². The van der Waals surface area contributed by atoms with Crippen molar-refractivity contribution in [1.82, 2.24) is 15.1 Å². The van der Waals surface area contributed by atoms with Gasteiger partial charge in [0.2, 0.25) is 11.8 Å². The van der Waals surface area contributed by atoms with Gasteiger partial charge in [-0.05, 0) is 50.2 Å². The minimum Gasteiger partial charge on any atom is -0.366 e. The number of benzene rings is 1. The number of hydrogen-bond acceptors (Lipinski definition) is 4. The Balaban J connectivity index is 1.33. The number of carbonyl (C=O) groups excluding carboxylic acids is 3. The van der Waals surface area contributed by atoms with Crippen LogP contribution in [0, 0.1) is 0 Å². The molecule has 3 N–H and O–H groups in total. The molecule has 3 aliphatic rings. The molecule has 0 bridgehead atoms. The van der Waals surface area contributed by atoms with Gasteiger partial charge in [0.05, 0.1) is 11.1 Å². The van der Waals surface area contributed by atoms with E-state index in [2.05, 4.69) is 10.2 Å². The molecular formula is C22H30N4O3. The first-order valence-corrected chi connectivity index (χ1v) is 10.7. The van der Waals surface area contributed by atoms with E-state index in [1.807, 2.05) is 11.0 Å². The Morgan fingerprint density at radius 3 is 2.34 bits per heavy atom. The summed E-state index contributed by atoms with van der Waals surface area (Å²) in [7, 11) is 0. The number of rotatable bonds is 4. The maximum absolute atomic E-state index is 13.0. The Kier molecular flexibility index (Phi) is 5.58. The van der Waals surface area contributed by atoms with Crippen LogP contribution in [0.1, 0.15) is 71.7 Å². The molecule has 2 aliphatic heterocycles. The SMILES string of the molecule is CC(=O)N[C@H]1CC[C@H](N2CCC(N3Cc4cccc(C(N)=O)c4C3=O)CC2)CC1. The Bertz CT molecular complexity index is 808. The van der Waals surface area contributed by atoms with Gasteiger partial charge in [-0.1, -0.05) is 12.1 Å². The third-order valence-corrected chi connectivity index (χ3v) is 6.79. The fourth-order valence-corrected chi connectivity index (χ4v) is 5.32. The van der Waals surface area contributed by atoms with E-state index >= 15 is 0 Å². The molecule has 2 fully saturated rings. The third-order valence-electron chi connectivity index (χ3n) is 6.79. The Morgan fingerprint density at radius 1 is 1.03 bits per heavy atom. The molecule has 0 atom stereocenters. The number of carbonyl (C=O) groups is 3. The van der Waals surface area contributed by atoms with E-state index in [-0.39, 0.29) is 17.9 Å². The zero-order valence-corrected chi connectivity index (χ0v) is 17.0. The molecule has 1 aromatic carbocycles. The van der Waals surface area contributed by atoms with Crippen molar-refractivity contribution in [2.24, 2.45) is 5.73 Å². The van der Waals surface area contributed by atoms with Crippen molar-refractivity contribution in [2.45, 2.75) is 70.1 Å². The number of nitrogens with one attached hydrogen (secondary N) is 1. The molecular weight excluding hydrogens is 368 g/mol. The lowest BCUT2D eigenvalue weighted by molar-refractivity contribution is -0.120. The number of likely N-dealkylation sites (tertiary alicyclic amines) is 1. The Hall–Kier alpha value is -2.41. The van der Waals surface area contributed by atoms with Crippen LogP contribution in [-0.4, -0.2) is 58.7 Å². The fourth-order valence-electron chi connectivity index (χ4n) is 5.32. The van der Waals surface area contributed by atoms with E-state index in [9.17, 15) is 14.4 Å². The molecule has 0 spiro atoms. The average molecular weight is 399 g/mol. The molecule has 1 saturated carbocycles. The second kappa shape index (κ2) is 8.14. The van der Waals surface area contributed by atoms with Crippen molar-refractivity contribution in [2.75, 3.05) is 13.1 Å². The number of nitrogens with two attached hydrogens (primary N) is 1. The number of hydrogen-bond donors (Lipinski definition) is 2. The predicted molar refractivity (Wildman–Crippen MR) is 109 cm³/mol. The van der Waals surface area contributed by atoms with Crippen LogP contribution in [0.4, 0.5) is 0 Å². The van der Waals surface area contributed by atoms with Gasteiger partial charge in [0.1, 0.15) is 0 Å². The maximum atomic E-state index is 13.0. The molecule has 0 unspecified atom stereocenters. The van der Waals surface area contributed by atoms with Crippen LogP contribution in [0.2, 0.25) is 0 Å². The van der Waals surface area contributed by atoms with Crippen LogP contribution in [0.5, 0.6) is 0 Å². The molecule has 1 saturated heterocycles. The van der Waals surface area contributed by atoms with Crippen molar-refractivity contribution in [1.29, 1.82) is 0 Å². The first kappa shape index (κ1) is 19.9. The van der Waals surface area contributed by atoms with Crippen molar-refractivity contribution >= 4 is 17.7 Å². The third kappa shape index (κ3) is 4.01. The number of primary amides is 1. The molecule has 7 nitrogen and oxygen atoms in total. The molecule has 4 rings (SSSR count). The summed E-state index contributed by atoms with van der Waals surface area (Å²) in [6, 6.07) is 6.47. The molecule has 3 amide bonds. The van der Waals surface area contributed by atoms with Gasteiger partial charge in [-0.25, -0.2) is 0 Å². The van der Waals surface area contributed by atoms with Crippen LogP contribution < -0.4 is 11.1 Å². The summed E-state index contributed by atoms with van der Waals surface area (Å²) in [5.74, 6) is -0.532. The van der Waals surface area contributed by atoms with Crippen LogP contribution >= 0.6 is 0 Å². The van der Waals surface area contributed by atoms with Gasteiger partial charge < -0.3 is 20.9 Å². The van der Waals surface area contributed by atoms with Crippen molar-refractivity contribution < 1.29 is 14.4 Å². The molecule has 1 aromatic rings. The summed E-state index contributed by atoms with van der Waals surface area (Å²) >= 11 is 0. The first-order valence-electron chi connectivity index (χ1n) is 10.7. The number of fused-ring (bicyclic) bond motifs is 1. The van der Waals surface area contributed by atoms with Crippen molar-refractivity contribution in [3.8, 4) is 0 Å². The quantitative estimate of drug-likeness (QED) is 0.806. The summed E-state index contributed by atoms with van der Waals surface area (Å²) in [6.45, 7) is 4.13. The van der Waals surface area contributed by atoms with Gasteiger partial charge in [0.15, 0.2) is 0 Å². The highest BCUT2D eigenvalue weighted by Gasteiger charge is 2.38. The summed E-state index contributed by atoms with van der Waals surface area (Å²) in [5, 5.41) is 3.04. The zero-order valence-electron chi connectivity index (χ0n) is 17.0. The van der Waals surface area contributed by atoms with Gasteiger partial charge in [0, 0.05) is 44.7 Å².